The second-order valence-electron chi connectivity index (χ2n) is 4.32. The van der Waals surface area contributed by atoms with Crippen LogP contribution in [0.25, 0.3) is 0 Å². The highest BCUT2D eigenvalue weighted by molar-refractivity contribution is 7.92. The van der Waals surface area contributed by atoms with Crippen molar-refractivity contribution in [3.8, 4) is 0 Å². The molecule has 14 heavy (non-hydrogen) atoms. The van der Waals surface area contributed by atoms with E-state index in [4.69, 9.17) is 5.11 Å². The molecule has 0 aliphatic heterocycles. The predicted molar refractivity (Wildman–Crippen MR) is 52.8 cm³/mol. The fourth-order valence-electron chi connectivity index (χ4n) is 1.62. The molecular formula is C9H16O4S. The van der Waals surface area contributed by atoms with Gasteiger partial charge in [-0.15, -0.1) is 0 Å². The minimum Gasteiger partial charge on any atom is -0.480 e. The molecule has 0 amide bonds. The molecule has 0 aromatic heterocycles. The topological polar surface area (TPSA) is 71.4 Å². The van der Waals surface area contributed by atoms with Crippen LogP contribution in [0.5, 0.6) is 0 Å². The molecule has 4 nitrogen and oxygen atoms in total. The molecule has 1 atom stereocenters. The molecule has 1 aliphatic rings. The van der Waals surface area contributed by atoms with E-state index in [9.17, 15) is 13.2 Å². The van der Waals surface area contributed by atoms with Crippen molar-refractivity contribution >= 4 is 15.8 Å². The molecule has 0 bridgehead atoms. The van der Waals surface area contributed by atoms with Gasteiger partial charge in [0.1, 0.15) is 0 Å². The normalized spacial score (nSPS) is 19.6. The summed E-state index contributed by atoms with van der Waals surface area (Å²) in [5.41, 5.74) is 0. The van der Waals surface area contributed by atoms with Crippen molar-refractivity contribution in [3.05, 3.63) is 0 Å². The Morgan fingerprint density at radius 2 is 1.93 bits per heavy atom. The number of carboxylic acid groups (broad SMARTS) is 1. The van der Waals surface area contributed by atoms with Crippen LogP contribution in [0.2, 0.25) is 0 Å². The summed E-state index contributed by atoms with van der Waals surface area (Å²) in [5, 5.41) is 7.69. The van der Waals surface area contributed by atoms with Crippen LogP contribution < -0.4 is 0 Å². The van der Waals surface area contributed by atoms with Gasteiger partial charge in [-0.25, -0.2) is 8.42 Å². The van der Waals surface area contributed by atoms with Crippen LogP contribution in [0.15, 0.2) is 0 Å². The maximum absolute atomic E-state index is 11.7. The molecule has 82 valence electrons. The summed E-state index contributed by atoms with van der Waals surface area (Å²) in [6.45, 7) is 3.56. The van der Waals surface area contributed by atoms with E-state index in [1.807, 2.05) is 0 Å². The molecule has 0 aromatic rings. The highest BCUT2D eigenvalue weighted by Gasteiger charge is 2.45. The van der Waals surface area contributed by atoms with Crippen molar-refractivity contribution in [1.29, 1.82) is 0 Å². The van der Waals surface area contributed by atoms with E-state index in [-0.39, 0.29) is 17.6 Å². The molecule has 1 N–H and O–H groups in total. The lowest BCUT2D eigenvalue weighted by atomic mass is 10.3. The molecule has 0 saturated heterocycles. The van der Waals surface area contributed by atoms with Crippen molar-refractivity contribution in [2.45, 2.75) is 31.9 Å². The first kappa shape index (κ1) is 11.5. The van der Waals surface area contributed by atoms with Gasteiger partial charge in [0.05, 0.1) is 5.75 Å². The third-order valence-corrected chi connectivity index (χ3v) is 4.74. The summed E-state index contributed by atoms with van der Waals surface area (Å²) < 4.78 is 23.4. The highest BCUT2D eigenvalue weighted by Crippen LogP contribution is 2.37. The van der Waals surface area contributed by atoms with Crippen molar-refractivity contribution in [2.24, 2.45) is 11.8 Å². The van der Waals surface area contributed by atoms with E-state index in [2.05, 4.69) is 0 Å². The van der Waals surface area contributed by atoms with Crippen LogP contribution in [-0.4, -0.2) is 30.5 Å². The molecular weight excluding hydrogens is 204 g/mol. The van der Waals surface area contributed by atoms with Crippen LogP contribution >= 0.6 is 0 Å². The monoisotopic (exact) mass is 220 g/mol. The maximum atomic E-state index is 11.7. The molecule has 0 radical (unpaired) electrons. The van der Waals surface area contributed by atoms with Gasteiger partial charge < -0.3 is 5.11 Å². The van der Waals surface area contributed by atoms with E-state index in [1.54, 1.807) is 13.8 Å². The number of carboxylic acids is 1. The third-order valence-electron chi connectivity index (χ3n) is 2.25. The summed E-state index contributed by atoms with van der Waals surface area (Å²) in [5.74, 6) is -1.37. The maximum Gasteiger partial charge on any atom is 0.322 e. The minimum absolute atomic E-state index is 0.0133. The van der Waals surface area contributed by atoms with Gasteiger partial charge in [0.25, 0.3) is 0 Å². The fraction of sp³-hybridized carbons (Fsp3) is 0.889. The van der Waals surface area contributed by atoms with Gasteiger partial charge in [-0.3, -0.25) is 4.79 Å². The molecule has 0 heterocycles. The minimum atomic E-state index is -3.46. The van der Waals surface area contributed by atoms with Crippen LogP contribution in [0.1, 0.15) is 26.7 Å². The van der Waals surface area contributed by atoms with Gasteiger partial charge in [-0.2, -0.15) is 0 Å². The Morgan fingerprint density at radius 3 is 2.21 bits per heavy atom. The zero-order valence-corrected chi connectivity index (χ0v) is 9.25. The lowest BCUT2D eigenvalue weighted by Gasteiger charge is -2.13. The summed E-state index contributed by atoms with van der Waals surface area (Å²) in [4.78, 5) is 10.8. The van der Waals surface area contributed by atoms with Gasteiger partial charge in [-0.1, -0.05) is 13.8 Å². The van der Waals surface area contributed by atoms with Gasteiger partial charge in [0.15, 0.2) is 15.1 Å². The predicted octanol–water partition coefficient (Wildman–Crippen LogP) is 0.920. The summed E-state index contributed by atoms with van der Waals surface area (Å²) in [6.07, 6.45) is 1.46. The van der Waals surface area contributed by atoms with E-state index < -0.39 is 21.1 Å². The van der Waals surface area contributed by atoms with Crippen LogP contribution in [-0.2, 0) is 14.6 Å². The molecule has 1 fully saturated rings. The molecule has 0 spiro atoms. The Hall–Kier alpha value is -0.580. The first-order chi connectivity index (χ1) is 6.34. The molecule has 1 unspecified atom stereocenters. The zero-order valence-electron chi connectivity index (χ0n) is 8.43. The standard InChI is InChI=1S/C9H16O4S/c1-6(2)5-14(12,13)8(9(10)11)7-3-4-7/h6-8H,3-5H2,1-2H3,(H,10,11). The number of hydrogen-bond acceptors (Lipinski definition) is 3. The van der Waals surface area contributed by atoms with Crippen molar-refractivity contribution in [1.82, 2.24) is 0 Å². The van der Waals surface area contributed by atoms with Crippen molar-refractivity contribution in [3.63, 3.8) is 0 Å². The van der Waals surface area contributed by atoms with Gasteiger partial charge in [0, 0.05) is 0 Å². The smallest absolute Gasteiger partial charge is 0.322 e. The van der Waals surface area contributed by atoms with E-state index in [0.29, 0.717) is 0 Å². The Balaban J connectivity index is 2.81. The second kappa shape index (κ2) is 3.88. The van der Waals surface area contributed by atoms with Crippen LogP contribution in [0.4, 0.5) is 0 Å². The Bertz CT molecular complexity index is 314. The average Bonchev–Trinajstić information content (AvgIpc) is 2.65. The number of hydrogen-bond donors (Lipinski definition) is 1. The summed E-state index contributed by atoms with van der Waals surface area (Å²) >= 11 is 0. The van der Waals surface area contributed by atoms with E-state index >= 15 is 0 Å². The molecule has 5 heteroatoms. The lowest BCUT2D eigenvalue weighted by Crippen LogP contribution is -2.35. The second-order valence-corrected chi connectivity index (χ2v) is 6.49. The lowest BCUT2D eigenvalue weighted by molar-refractivity contribution is -0.136. The van der Waals surface area contributed by atoms with E-state index in [0.717, 1.165) is 12.8 Å². The average molecular weight is 220 g/mol. The number of sulfone groups is 1. The van der Waals surface area contributed by atoms with Crippen LogP contribution in [0.3, 0.4) is 0 Å². The first-order valence-corrected chi connectivity index (χ1v) is 6.50. The molecule has 1 rings (SSSR count). The zero-order chi connectivity index (χ0) is 10.9. The number of aliphatic carboxylic acids is 1. The van der Waals surface area contributed by atoms with Crippen molar-refractivity contribution in [2.75, 3.05) is 5.75 Å². The number of rotatable bonds is 5. The molecule has 1 aliphatic carbocycles. The van der Waals surface area contributed by atoms with Gasteiger partial charge in [-0.05, 0) is 24.7 Å². The van der Waals surface area contributed by atoms with Gasteiger partial charge in [0.2, 0.25) is 0 Å². The Kier molecular flexibility index (Phi) is 3.19. The Morgan fingerprint density at radius 1 is 1.43 bits per heavy atom. The van der Waals surface area contributed by atoms with Crippen LogP contribution in [0, 0.1) is 11.8 Å². The summed E-state index contributed by atoms with van der Waals surface area (Å²) in [7, 11) is -3.46. The molecule has 0 aromatic carbocycles. The SMILES string of the molecule is CC(C)CS(=O)(=O)C(C(=O)O)C1CC1. The third kappa shape index (κ3) is 2.70. The summed E-state index contributed by atoms with van der Waals surface area (Å²) in [6, 6.07) is 0. The Labute approximate surface area is 84.2 Å². The molecule has 1 saturated carbocycles. The first-order valence-electron chi connectivity index (χ1n) is 4.79. The number of carbonyl (C=O) groups is 1. The highest BCUT2D eigenvalue weighted by atomic mass is 32.2. The van der Waals surface area contributed by atoms with Crippen molar-refractivity contribution < 1.29 is 18.3 Å². The van der Waals surface area contributed by atoms with E-state index in [1.165, 1.54) is 0 Å². The fourth-order valence-corrected chi connectivity index (χ4v) is 3.92. The van der Waals surface area contributed by atoms with Gasteiger partial charge >= 0.3 is 5.97 Å². The largest absolute Gasteiger partial charge is 0.480 e. The quantitative estimate of drug-likeness (QED) is 0.748.